The van der Waals surface area contributed by atoms with Crippen LogP contribution in [0.2, 0.25) is 0 Å². The number of hydrogen-bond acceptors (Lipinski definition) is 3. The predicted octanol–water partition coefficient (Wildman–Crippen LogP) is 4.20. The van der Waals surface area contributed by atoms with Crippen molar-refractivity contribution in [3.63, 3.8) is 0 Å². The van der Waals surface area contributed by atoms with Gasteiger partial charge in [-0.05, 0) is 42.5 Å². The molecule has 0 saturated carbocycles. The van der Waals surface area contributed by atoms with Gasteiger partial charge in [-0.15, -0.1) is 13.2 Å². The van der Waals surface area contributed by atoms with Crippen molar-refractivity contribution in [3.05, 3.63) is 54.9 Å². The zero-order valence-electron chi connectivity index (χ0n) is 10.6. The third-order valence-electron chi connectivity index (χ3n) is 2.89. The molecule has 0 aliphatic carbocycles. The molecular weight excluding hydrogens is 281 g/mol. The van der Waals surface area contributed by atoms with E-state index in [2.05, 4.69) is 14.7 Å². The Hall–Kier alpha value is -2.63. The van der Waals surface area contributed by atoms with Gasteiger partial charge in [0.15, 0.2) is 0 Å². The molecule has 3 aromatic rings. The highest BCUT2D eigenvalue weighted by atomic mass is 19.4. The molecule has 2 heterocycles. The summed E-state index contributed by atoms with van der Waals surface area (Å²) in [5, 5.41) is 0.837. The summed E-state index contributed by atoms with van der Waals surface area (Å²) in [5.41, 5.74) is 2.14. The standard InChI is InChI=1S/C15H9F3N2O/c16-15(17,18)21-11-5-3-10(4-6-11)14-12-2-1-8-19-13(12)7-9-20-14/h1-9H. The van der Waals surface area contributed by atoms with Crippen LogP contribution in [0, 0.1) is 0 Å². The summed E-state index contributed by atoms with van der Waals surface area (Å²) >= 11 is 0. The zero-order chi connectivity index (χ0) is 14.9. The van der Waals surface area contributed by atoms with Gasteiger partial charge >= 0.3 is 6.36 Å². The number of fused-ring (bicyclic) bond motifs is 1. The average molecular weight is 290 g/mol. The number of ether oxygens (including phenoxy) is 1. The lowest BCUT2D eigenvalue weighted by atomic mass is 10.1. The number of nitrogens with zero attached hydrogens (tertiary/aromatic N) is 2. The topological polar surface area (TPSA) is 35.0 Å². The number of benzene rings is 1. The van der Waals surface area contributed by atoms with Gasteiger partial charge in [-0.2, -0.15) is 0 Å². The molecule has 0 spiro atoms. The first-order valence-corrected chi connectivity index (χ1v) is 6.09. The van der Waals surface area contributed by atoms with Crippen LogP contribution in [-0.2, 0) is 0 Å². The first kappa shape index (κ1) is 13.4. The highest BCUT2D eigenvalue weighted by molar-refractivity contribution is 5.91. The van der Waals surface area contributed by atoms with Gasteiger partial charge in [-0.3, -0.25) is 9.97 Å². The smallest absolute Gasteiger partial charge is 0.406 e. The number of aromatic nitrogens is 2. The molecule has 0 amide bonds. The molecule has 3 nitrogen and oxygen atoms in total. The Morgan fingerprint density at radius 1 is 0.857 bits per heavy atom. The second kappa shape index (κ2) is 5.05. The van der Waals surface area contributed by atoms with Crippen molar-refractivity contribution < 1.29 is 17.9 Å². The Morgan fingerprint density at radius 2 is 1.62 bits per heavy atom. The van der Waals surface area contributed by atoms with Gasteiger partial charge in [-0.1, -0.05) is 0 Å². The Balaban J connectivity index is 2.00. The van der Waals surface area contributed by atoms with E-state index in [1.165, 1.54) is 24.3 Å². The Labute approximate surface area is 118 Å². The molecule has 0 fully saturated rings. The maximum Gasteiger partial charge on any atom is 0.573 e. The van der Waals surface area contributed by atoms with Crippen LogP contribution in [0.25, 0.3) is 22.2 Å². The van der Waals surface area contributed by atoms with Crippen molar-refractivity contribution in [3.8, 4) is 17.0 Å². The third kappa shape index (κ3) is 2.94. The third-order valence-corrected chi connectivity index (χ3v) is 2.89. The number of hydrogen-bond donors (Lipinski definition) is 0. The van der Waals surface area contributed by atoms with Gasteiger partial charge in [0.2, 0.25) is 0 Å². The Kier molecular flexibility index (Phi) is 3.21. The monoisotopic (exact) mass is 290 g/mol. The minimum absolute atomic E-state index is 0.260. The summed E-state index contributed by atoms with van der Waals surface area (Å²) in [5.74, 6) is -0.260. The Morgan fingerprint density at radius 3 is 2.33 bits per heavy atom. The van der Waals surface area contributed by atoms with Crippen molar-refractivity contribution in [1.29, 1.82) is 0 Å². The quantitative estimate of drug-likeness (QED) is 0.709. The van der Waals surface area contributed by atoms with Crippen LogP contribution in [0.15, 0.2) is 54.9 Å². The van der Waals surface area contributed by atoms with Crippen LogP contribution in [-0.4, -0.2) is 16.3 Å². The van der Waals surface area contributed by atoms with E-state index in [1.807, 2.05) is 6.07 Å². The summed E-state index contributed by atoms with van der Waals surface area (Å²) in [6, 6.07) is 11.0. The summed E-state index contributed by atoms with van der Waals surface area (Å²) in [6.45, 7) is 0. The van der Waals surface area contributed by atoms with Crippen molar-refractivity contribution in [1.82, 2.24) is 9.97 Å². The maximum absolute atomic E-state index is 12.1. The molecule has 0 aliphatic heterocycles. The van der Waals surface area contributed by atoms with E-state index in [4.69, 9.17) is 0 Å². The highest BCUT2D eigenvalue weighted by Crippen LogP contribution is 2.28. The molecule has 0 aliphatic rings. The van der Waals surface area contributed by atoms with Crippen molar-refractivity contribution in [2.45, 2.75) is 6.36 Å². The number of halogens is 3. The molecule has 0 unspecified atom stereocenters. The maximum atomic E-state index is 12.1. The fraction of sp³-hybridized carbons (Fsp3) is 0.0667. The zero-order valence-corrected chi connectivity index (χ0v) is 10.6. The molecule has 6 heteroatoms. The first-order chi connectivity index (χ1) is 10.0. The molecule has 0 atom stereocenters. The van der Waals surface area contributed by atoms with Gasteiger partial charge in [0.1, 0.15) is 5.75 Å². The molecule has 0 saturated heterocycles. The fourth-order valence-corrected chi connectivity index (χ4v) is 2.05. The first-order valence-electron chi connectivity index (χ1n) is 6.09. The second-order valence-corrected chi connectivity index (χ2v) is 4.30. The lowest BCUT2D eigenvalue weighted by molar-refractivity contribution is -0.274. The van der Waals surface area contributed by atoms with E-state index < -0.39 is 6.36 Å². The van der Waals surface area contributed by atoms with Gasteiger partial charge in [0.25, 0.3) is 0 Å². The van der Waals surface area contributed by atoms with E-state index in [1.54, 1.807) is 24.5 Å². The number of rotatable bonds is 2. The minimum Gasteiger partial charge on any atom is -0.406 e. The molecule has 21 heavy (non-hydrogen) atoms. The fourth-order valence-electron chi connectivity index (χ4n) is 2.05. The second-order valence-electron chi connectivity index (χ2n) is 4.30. The van der Waals surface area contributed by atoms with Crippen LogP contribution >= 0.6 is 0 Å². The van der Waals surface area contributed by atoms with E-state index in [-0.39, 0.29) is 5.75 Å². The molecule has 0 N–H and O–H groups in total. The summed E-state index contributed by atoms with van der Waals surface area (Å²) in [7, 11) is 0. The van der Waals surface area contributed by atoms with Crippen molar-refractivity contribution in [2.75, 3.05) is 0 Å². The van der Waals surface area contributed by atoms with Crippen molar-refractivity contribution in [2.24, 2.45) is 0 Å². The van der Waals surface area contributed by atoms with Gasteiger partial charge in [0, 0.05) is 23.3 Å². The summed E-state index contributed by atoms with van der Waals surface area (Å²) in [6.07, 6.45) is -1.40. The molecule has 2 aromatic heterocycles. The van der Waals surface area contributed by atoms with Gasteiger partial charge < -0.3 is 4.74 Å². The van der Waals surface area contributed by atoms with E-state index >= 15 is 0 Å². The lowest BCUT2D eigenvalue weighted by Crippen LogP contribution is -2.16. The average Bonchev–Trinajstić information content (AvgIpc) is 2.46. The van der Waals surface area contributed by atoms with E-state index in [9.17, 15) is 13.2 Å². The van der Waals surface area contributed by atoms with Crippen LogP contribution in [0.1, 0.15) is 0 Å². The normalized spacial score (nSPS) is 11.6. The van der Waals surface area contributed by atoms with Crippen LogP contribution < -0.4 is 4.74 Å². The molecule has 0 bridgehead atoms. The van der Waals surface area contributed by atoms with Gasteiger partial charge in [-0.25, -0.2) is 0 Å². The van der Waals surface area contributed by atoms with E-state index in [0.717, 1.165) is 10.9 Å². The number of alkyl halides is 3. The highest BCUT2D eigenvalue weighted by Gasteiger charge is 2.30. The van der Waals surface area contributed by atoms with Crippen LogP contribution in [0.5, 0.6) is 5.75 Å². The van der Waals surface area contributed by atoms with E-state index in [0.29, 0.717) is 11.3 Å². The largest absolute Gasteiger partial charge is 0.573 e. The van der Waals surface area contributed by atoms with Crippen molar-refractivity contribution >= 4 is 10.9 Å². The minimum atomic E-state index is -4.69. The molecule has 3 rings (SSSR count). The number of pyridine rings is 2. The SMILES string of the molecule is FC(F)(F)Oc1ccc(-c2nccc3ncccc23)cc1. The molecule has 1 aromatic carbocycles. The predicted molar refractivity (Wildman–Crippen MR) is 71.7 cm³/mol. The summed E-state index contributed by atoms with van der Waals surface area (Å²) < 4.78 is 40.2. The molecule has 0 radical (unpaired) electrons. The molecular formula is C15H9F3N2O. The van der Waals surface area contributed by atoms with Gasteiger partial charge in [0.05, 0.1) is 11.2 Å². The Bertz CT molecular complexity index is 764. The summed E-state index contributed by atoms with van der Waals surface area (Å²) in [4.78, 5) is 8.50. The molecule has 106 valence electrons. The van der Waals surface area contributed by atoms with Crippen LogP contribution in [0.3, 0.4) is 0 Å². The van der Waals surface area contributed by atoms with Crippen LogP contribution in [0.4, 0.5) is 13.2 Å². The lowest BCUT2D eigenvalue weighted by Gasteiger charge is -2.09.